The van der Waals surface area contributed by atoms with Gasteiger partial charge in [-0.25, -0.2) is 27.7 Å². The highest BCUT2D eigenvalue weighted by Gasteiger charge is 2.36. The largest absolute Gasteiger partial charge is 0.393 e. The molecule has 3 aliphatic carbocycles. The summed E-state index contributed by atoms with van der Waals surface area (Å²) in [6.45, 7) is 24.9. The molecule has 4 atom stereocenters. The number of hydrogen-bond donors (Lipinski definition) is 6. The van der Waals surface area contributed by atoms with Crippen LogP contribution < -0.4 is 21.7 Å². The molecule has 6 aliphatic rings. The zero-order chi connectivity index (χ0) is 75.8. The third kappa shape index (κ3) is 19.3. The fourth-order valence-corrected chi connectivity index (χ4v) is 18.7. The number of anilines is 3. The Morgan fingerprint density at radius 2 is 0.785 bits per heavy atom. The summed E-state index contributed by atoms with van der Waals surface area (Å²) < 4.78 is 32.5. The summed E-state index contributed by atoms with van der Waals surface area (Å²) >= 11 is 0. The smallest absolute Gasteiger partial charge is 0.254 e. The summed E-state index contributed by atoms with van der Waals surface area (Å²) in [5, 5.41) is 33.8. The van der Waals surface area contributed by atoms with E-state index >= 15 is 0 Å². The van der Waals surface area contributed by atoms with Crippen molar-refractivity contribution in [2.24, 2.45) is 5.73 Å². The Morgan fingerprint density at radius 3 is 1.14 bits per heavy atom. The van der Waals surface area contributed by atoms with Crippen LogP contribution in [-0.2, 0) is 10.0 Å². The number of likely N-dealkylation sites (tertiary alicyclic amines) is 2. The second-order valence-corrected chi connectivity index (χ2v) is 34.3. The number of aryl methyl sites for hydroxylation is 4. The fraction of sp³-hybridized carbons (Fsp3) is 0.634. The summed E-state index contributed by atoms with van der Waals surface area (Å²) in [6, 6.07) is 9.88. The SMILES string of the molecule is CCC[C@H](C)Nc1ncc2c(C3CCN(C(=O)c4cc(C)nc(C)c4)C3)cn(C3CCC(O)CC3)c2n1.CCC[C@H](C)Nc1ncc2c(C3CCN(C(=O)c4cc(C)nc(C)c4)CC3)cn(C3CCC(N)CC3)c2n1.CCC[C@H](C)Nc1ncc2c(C3CCN(S(C)(=O)=O)CC3)cn(C3CCC(O)CC3)c2n1. The Kier molecular flexibility index (Phi) is 26.0. The molecular weight excluding hydrogens is 1370 g/mol. The summed E-state index contributed by atoms with van der Waals surface area (Å²) in [7, 11) is -3.14. The number of hydrogen-bond acceptors (Lipinski definition) is 18. The Morgan fingerprint density at radius 1 is 0.467 bits per heavy atom. The van der Waals surface area contributed by atoms with Crippen LogP contribution >= 0.6 is 0 Å². The standard InChI is InChI=1S/C30H43N7O.C29H40N6O2.C23H37N5O3S/c1-5-6-19(2)34-30-32-17-26-27(18-37(28(26)35-30)25-9-7-24(31)8-10-25)22-11-13-36(14-12-22)29(38)23-15-20(3)33-21(4)16-23;1-5-6-18(2)32-29-30-15-25-26(17-35(27(25)33-29)23-7-9-24(36)10-8-23)21-11-12-34(16-21)28(37)22-13-19(3)31-20(4)14-22;1-4-5-16(2)25-23-24-14-20-21(17-10-12-27(13-11-17)32(3,30)31)15-28(22(20)26-23)18-6-8-19(29)9-7-18/h15-19,22,24-25H,5-14,31H2,1-4H3,(H,32,34,35);13-15,17-18,21,23-24,36H,5-12,16H2,1-4H3,(H,30,32,33);14-19,29H,4-13H2,1-3H3,(H,24,25,26)/t19-,24?,25?;18-,21?,23?,24?;16-,18?,19?/m000/s1. The van der Waals surface area contributed by atoms with Crippen molar-refractivity contribution in [3.63, 3.8) is 0 Å². The predicted octanol–water partition coefficient (Wildman–Crippen LogP) is 14.3. The topological polar surface area (TPSA) is 298 Å². The highest BCUT2D eigenvalue weighted by Crippen LogP contribution is 2.43. The van der Waals surface area contributed by atoms with Crippen molar-refractivity contribution >= 4 is 72.8 Å². The number of aliphatic hydroxyl groups excluding tert-OH is 2. The first kappa shape index (κ1) is 78.9. The van der Waals surface area contributed by atoms with Crippen molar-refractivity contribution in [3.05, 3.63) is 112 Å². The lowest BCUT2D eigenvalue weighted by Crippen LogP contribution is -2.38. The normalized spacial score (nSPS) is 23.0. The van der Waals surface area contributed by atoms with Gasteiger partial charge < -0.3 is 55.4 Å². The molecule has 8 aromatic rings. The zero-order valence-corrected chi connectivity index (χ0v) is 66.3. The van der Waals surface area contributed by atoms with Gasteiger partial charge in [-0.1, -0.05) is 40.0 Å². The van der Waals surface area contributed by atoms with Crippen molar-refractivity contribution in [2.45, 2.75) is 289 Å². The first-order valence-electron chi connectivity index (χ1n) is 40.4. The molecule has 0 aromatic carbocycles. The summed E-state index contributed by atoms with van der Waals surface area (Å²) in [6.07, 6.45) is 36.0. The molecule has 25 heteroatoms. The van der Waals surface area contributed by atoms with Gasteiger partial charge in [0.15, 0.2) is 0 Å². The lowest BCUT2D eigenvalue weighted by atomic mass is 9.89. The number of carbonyl (C=O) groups excluding carboxylic acids is 2. The third-order valence-corrected chi connectivity index (χ3v) is 24.8. The predicted molar refractivity (Wildman–Crippen MR) is 426 cm³/mol. The van der Waals surface area contributed by atoms with E-state index in [2.05, 4.69) is 110 Å². The van der Waals surface area contributed by atoms with Gasteiger partial charge in [0.1, 0.15) is 16.9 Å². The molecule has 107 heavy (non-hydrogen) atoms. The van der Waals surface area contributed by atoms with E-state index in [9.17, 15) is 28.2 Å². The number of pyridine rings is 2. The number of nitrogens with zero attached hydrogens (tertiary/aromatic N) is 14. The van der Waals surface area contributed by atoms with E-state index in [0.717, 1.165) is 229 Å². The van der Waals surface area contributed by atoms with E-state index in [1.54, 1.807) is 4.31 Å². The van der Waals surface area contributed by atoms with Gasteiger partial charge in [0.25, 0.3) is 11.8 Å². The Hall–Kier alpha value is -7.71. The monoisotopic (exact) mass is 1480 g/mol. The van der Waals surface area contributed by atoms with Gasteiger partial charge in [0.05, 0.1) is 18.5 Å². The number of aromatic nitrogens is 11. The number of rotatable bonds is 21. The minimum Gasteiger partial charge on any atom is -0.393 e. The van der Waals surface area contributed by atoms with Crippen LogP contribution in [-0.4, -0.2) is 180 Å². The van der Waals surface area contributed by atoms with Crippen LogP contribution in [0.25, 0.3) is 33.1 Å². The van der Waals surface area contributed by atoms with E-state index in [-0.39, 0.29) is 29.9 Å². The molecule has 7 N–H and O–H groups in total. The van der Waals surface area contributed by atoms with Crippen LogP contribution in [0.2, 0.25) is 0 Å². The number of aliphatic hydroxyl groups is 2. The number of nitrogens with two attached hydrogens (primary N) is 1. The number of fused-ring (bicyclic) bond motifs is 3. The maximum absolute atomic E-state index is 13.3. The molecule has 580 valence electrons. The summed E-state index contributed by atoms with van der Waals surface area (Å²) in [4.78, 5) is 68.4. The molecule has 11 heterocycles. The van der Waals surface area contributed by atoms with Crippen molar-refractivity contribution < 1.29 is 28.2 Å². The summed E-state index contributed by atoms with van der Waals surface area (Å²) in [5.41, 5.74) is 17.9. The van der Waals surface area contributed by atoms with Gasteiger partial charge in [-0.15, -0.1) is 0 Å². The van der Waals surface area contributed by atoms with Crippen LogP contribution in [0.15, 0.2) is 61.4 Å². The average molecular weight is 1490 g/mol. The lowest BCUT2D eigenvalue weighted by Gasteiger charge is -2.32. The molecule has 3 saturated heterocycles. The highest BCUT2D eigenvalue weighted by atomic mass is 32.2. The van der Waals surface area contributed by atoms with Crippen LogP contribution in [0.4, 0.5) is 17.8 Å². The van der Waals surface area contributed by atoms with Gasteiger partial charge in [0.2, 0.25) is 27.9 Å². The minimum absolute atomic E-state index is 0.0776. The second kappa shape index (κ2) is 35.3. The average Bonchev–Trinajstić information content (AvgIpc) is 1.64. The van der Waals surface area contributed by atoms with Crippen LogP contribution in [0.1, 0.15) is 285 Å². The lowest BCUT2D eigenvalue weighted by molar-refractivity contribution is 0.0712. The number of carbonyl (C=O) groups is 2. The molecular formula is C82H120N18O6S. The quantitative estimate of drug-likeness (QED) is 0.0389. The molecule has 8 aromatic heterocycles. The van der Waals surface area contributed by atoms with Crippen LogP contribution in [0.3, 0.4) is 0 Å². The molecule has 3 aliphatic heterocycles. The number of sulfonamides is 1. The number of piperidine rings is 2. The Bertz CT molecular complexity index is 4400. The Labute approximate surface area is 633 Å². The van der Waals surface area contributed by atoms with Gasteiger partial charge in [0, 0.05) is 175 Å². The summed E-state index contributed by atoms with van der Waals surface area (Å²) in [5.74, 6) is 3.15. The molecule has 2 amide bonds. The molecule has 6 fully saturated rings. The fourth-order valence-electron chi connectivity index (χ4n) is 17.8. The second-order valence-electron chi connectivity index (χ2n) is 32.3. The molecule has 3 saturated carbocycles. The van der Waals surface area contributed by atoms with E-state index in [1.807, 2.05) is 80.4 Å². The molecule has 0 bridgehead atoms. The first-order chi connectivity index (χ1) is 51.4. The van der Waals surface area contributed by atoms with Crippen LogP contribution in [0, 0.1) is 27.7 Å². The van der Waals surface area contributed by atoms with E-state index in [0.29, 0.717) is 97.2 Å². The van der Waals surface area contributed by atoms with E-state index < -0.39 is 10.0 Å². The van der Waals surface area contributed by atoms with Crippen LogP contribution in [0.5, 0.6) is 0 Å². The van der Waals surface area contributed by atoms with Crippen molar-refractivity contribution in [1.82, 2.24) is 67.7 Å². The Balaban J connectivity index is 0.000000151. The maximum Gasteiger partial charge on any atom is 0.254 e. The molecule has 14 rings (SSSR count). The minimum atomic E-state index is -3.14. The van der Waals surface area contributed by atoms with E-state index in [4.69, 9.17) is 25.7 Å². The number of amides is 2. The van der Waals surface area contributed by atoms with Gasteiger partial charge in [-0.2, -0.15) is 15.0 Å². The van der Waals surface area contributed by atoms with E-state index in [1.165, 1.54) is 22.9 Å². The van der Waals surface area contributed by atoms with Crippen molar-refractivity contribution in [2.75, 3.05) is 61.5 Å². The highest BCUT2D eigenvalue weighted by molar-refractivity contribution is 7.88. The zero-order valence-electron chi connectivity index (χ0n) is 65.5. The maximum atomic E-state index is 13.3. The third-order valence-electron chi connectivity index (χ3n) is 23.5. The molecule has 24 nitrogen and oxygen atoms in total. The molecule has 0 spiro atoms. The first-order valence-corrected chi connectivity index (χ1v) is 42.2. The van der Waals surface area contributed by atoms with Crippen molar-refractivity contribution in [1.29, 1.82) is 0 Å². The van der Waals surface area contributed by atoms with Gasteiger partial charge >= 0.3 is 0 Å². The van der Waals surface area contributed by atoms with Crippen molar-refractivity contribution in [3.8, 4) is 0 Å². The van der Waals surface area contributed by atoms with Gasteiger partial charge in [-0.3, -0.25) is 19.6 Å². The van der Waals surface area contributed by atoms with Gasteiger partial charge in [-0.05, 0) is 230 Å². The number of nitrogens with one attached hydrogen (secondary N) is 3. The molecule has 0 radical (unpaired) electrons. The molecule has 1 unspecified atom stereocenters.